The van der Waals surface area contributed by atoms with Crippen molar-refractivity contribution in [1.29, 1.82) is 0 Å². The average molecular weight is 382 g/mol. The van der Waals surface area contributed by atoms with Crippen LogP contribution in [0.1, 0.15) is 27.7 Å². The Morgan fingerprint density at radius 1 is 1.14 bits per heavy atom. The Morgan fingerprint density at radius 2 is 1.82 bits per heavy atom. The molecule has 0 radical (unpaired) electrons. The molecule has 0 aliphatic carbocycles. The van der Waals surface area contributed by atoms with E-state index in [9.17, 15) is 9.18 Å². The summed E-state index contributed by atoms with van der Waals surface area (Å²) in [6, 6.07) is 13.7. The van der Waals surface area contributed by atoms with Crippen molar-refractivity contribution in [3.63, 3.8) is 0 Å². The van der Waals surface area contributed by atoms with E-state index in [1.165, 1.54) is 10.7 Å². The first kappa shape index (κ1) is 19.5. The summed E-state index contributed by atoms with van der Waals surface area (Å²) in [6.07, 6.45) is 0. The number of amides is 1. The highest BCUT2D eigenvalue weighted by Crippen LogP contribution is 2.26. The fraction of sp³-hybridized carbons (Fsp3) is 0.286. The van der Waals surface area contributed by atoms with Crippen LogP contribution < -0.4 is 10.1 Å². The highest BCUT2D eigenvalue weighted by molar-refractivity contribution is 5.94. The van der Waals surface area contributed by atoms with E-state index < -0.39 is 11.2 Å². The molecule has 0 spiro atoms. The Hall–Kier alpha value is -3.22. The number of aromatic nitrogens is 3. The lowest BCUT2D eigenvalue weighted by molar-refractivity contribution is -0.123. The molecule has 0 fully saturated rings. The van der Waals surface area contributed by atoms with Crippen molar-refractivity contribution in [2.45, 2.75) is 27.7 Å². The summed E-state index contributed by atoms with van der Waals surface area (Å²) in [4.78, 5) is 16.5. The van der Waals surface area contributed by atoms with Gasteiger partial charge in [0.1, 0.15) is 5.82 Å². The third kappa shape index (κ3) is 4.19. The summed E-state index contributed by atoms with van der Waals surface area (Å²) in [5.74, 6) is -0.132. The normalized spacial score (nSPS) is 11.3. The zero-order valence-electron chi connectivity index (χ0n) is 16.4. The van der Waals surface area contributed by atoms with Crippen molar-refractivity contribution >= 4 is 11.6 Å². The van der Waals surface area contributed by atoms with Crippen LogP contribution in [0.25, 0.3) is 17.1 Å². The number of carbonyl (C=O) groups excluding carboxylic acids is 1. The van der Waals surface area contributed by atoms with E-state index in [1.807, 2.05) is 27.7 Å². The number of hydrogen-bond acceptors (Lipinski definition) is 4. The maximum atomic E-state index is 14.3. The number of rotatable bonds is 5. The van der Waals surface area contributed by atoms with Gasteiger partial charge in [0.25, 0.3) is 0 Å². The average Bonchev–Trinajstić information content (AvgIpc) is 3.06. The first-order valence-corrected chi connectivity index (χ1v) is 9.06. The maximum Gasteiger partial charge on any atom is 0.336 e. The number of ether oxygens (including phenoxy) is 1. The molecule has 6 nitrogen and oxygen atoms in total. The van der Waals surface area contributed by atoms with Crippen molar-refractivity contribution in [3.8, 4) is 23.1 Å². The molecule has 1 N–H and O–H groups in total. The van der Waals surface area contributed by atoms with Gasteiger partial charge in [0, 0.05) is 11.1 Å². The van der Waals surface area contributed by atoms with Crippen molar-refractivity contribution in [1.82, 2.24) is 14.8 Å². The van der Waals surface area contributed by atoms with Crippen LogP contribution in [0.5, 0.6) is 6.01 Å². The van der Waals surface area contributed by atoms with Crippen LogP contribution >= 0.6 is 0 Å². The second-order valence-corrected chi connectivity index (χ2v) is 7.29. The Kier molecular flexibility index (Phi) is 5.44. The summed E-state index contributed by atoms with van der Waals surface area (Å²) in [6.45, 7) is 7.78. The molecular formula is C21H23FN4O2. The van der Waals surface area contributed by atoms with Gasteiger partial charge < -0.3 is 10.1 Å². The van der Waals surface area contributed by atoms with Gasteiger partial charge >= 0.3 is 6.01 Å². The van der Waals surface area contributed by atoms with Gasteiger partial charge in [0.2, 0.25) is 5.91 Å². The molecule has 28 heavy (non-hydrogen) atoms. The van der Waals surface area contributed by atoms with E-state index >= 15 is 0 Å². The third-order valence-electron chi connectivity index (χ3n) is 4.03. The van der Waals surface area contributed by atoms with Crippen molar-refractivity contribution in [2.24, 2.45) is 5.41 Å². The monoisotopic (exact) mass is 382 g/mol. The smallest absolute Gasteiger partial charge is 0.336 e. The first-order chi connectivity index (χ1) is 13.3. The first-order valence-electron chi connectivity index (χ1n) is 9.06. The molecule has 0 bridgehead atoms. The highest BCUT2D eigenvalue weighted by Gasteiger charge is 2.21. The van der Waals surface area contributed by atoms with E-state index in [0.717, 1.165) is 0 Å². The van der Waals surface area contributed by atoms with E-state index in [2.05, 4.69) is 15.4 Å². The fourth-order valence-corrected chi connectivity index (χ4v) is 2.48. The highest BCUT2D eigenvalue weighted by atomic mass is 19.1. The minimum Gasteiger partial charge on any atom is -0.463 e. The van der Waals surface area contributed by atoms with Crippen molar-refractivity contribution < 1.29 is 13.9 Å². The molecule has 3 aromatic rings. The van der Waals surface area contributed by atoms with Gasteiger partial charge in [-0.2, -0.15) is 4.98 Å². The van der Waals surface area contributed by atoms with Gasteiger partial charge in [-0.1, -0.05) is 32.9 Å². The predicted molar refractivity (Wildman–Crippen MR) is 106 cm³/mol. The van der Waals surface area contributed by atoms with E-state index in [4.69, 9.17) is 4.74 Å². The quantitative estimate of drug-likeness (QED) is 0.707. The summed E-state index contributed by atoms with van der Waals surface area (Å²) in [5, 5.41) is 7.22. The summed E-state index contributed by atoms with van der Waals surface area (Å²) >= 11 is 0. The number of nitrogens with one attached hydrogen (secondary N) is 1. The topological polar surface area (TPSA) is 69.0 Å². The van der Waals surface area contributed by atoms with Crippen LogP contribution in [0.4, 0.5) is 10.1 Å². The molecule has 0 saturated heterocycles. The number of hydrogen-bond donors (Lipinski definition) is 1. The van der Waals surface area contributed by atoms with Crippen LogP contribution in [0.15, 0.2) is 48.5 Å². The van der Waals surface area contributed by atoms with Crippen LogP contribution in [-0.4, -0.2) is 27.3 Å². The zero-order chi connectivity index (χ0) is 20.3. The molecule has 0 aliphatic rings. The SMILES string of the molecule is CCOc1nc(-c2ccccc2F)n(-c2ccc(NC(=O)C(C)(C)C)cc2)n1. The largest absolute Gasteiger partial charge is 0.463 e. The maximum absolute atomic E-state index is 14.3. The summed E-state index contributed by atoms with van der Waals surface area (Å²) in [7, 11) is 0. The number of anilines is 1. The summed E-state index contributed by atoms with van der Waals surface area (Å²) in [5.41, 5.74) is 1.17. The molecular weight excluding hydrogens is 359 g/mol. The molecule has 2 aromatic carbocycles. The van der Waals surface area contributed by atoms with Crippen LogP contribution in [0.3, 0.4) is 0 Å². The van der Waals surface area contributed by atoms with Gasteiger partial charge in [0.15, 0.2) is 5.82 Å². The van der Waals surface area contributed by atoms with E-state index in [1.54, 1.807) is 42.5 Å². The number of nitrogens with zero attached hydrogens (tertiary/aromatic N) is 3. The molecule has 0 atom stereocenters. The second-order valence-electron chi connectivity index (χ2n) is 7.29. The van der Waals surface area contributed by atoms with Crippen molar-refractivity contribution in [2.75, 3.05) is 11.9 Å². The Morgan fingerprint density at radius 3 is 2.43 bits per heavy atom. The van der Waals surface area contributed by atoms with Crippen LogP contribution in [0, 0.1) is 11.2 Å². The van der Waals surface area contributed by atoms with E-state index in [-0.39, 0.29) is 11.9 Å². The van der Waals surface area contributed by atoms with Gasteiger partial charge in [-0.15, -0.1) is 5.10 Å². The summed E-state index contributed by atoms with van der Waals surface area (Å²) < 4.78 is 21.2. The number of benzene rings is 2. The van der Waals surface area contributed by atoms with Gasteiger partial charge in [-0.05, 0) is 43.3 Å². The minimum atomic E-state index is -0.491. The van der Waals surface area contributed by atoms with Gasteiger partial charge in [-0.3, -0.25) is 4.79 Å². The zero-order valence-corrected chi connectivity index (χ0v) is 16.4. The predicted octanol–water partition coefficient (Wildman–Crippen LogP) is 4.46. The minimum absolute atomic E-state index is 0.0771. The molecule has 0 aliphatic heterocycles. The lowest BCUT2D eigenvalue weighted by Crippen LogP contribution is -2.27. The molecule has 0 unspecified atom stereocenters. The van der Waals surface area contributed by atoms with Gasteiger partial charge in [0.05, 0.1) is 17.9 Å². The van der Waals surface area contributed by atoms with E-state index in [0.29, 0.717) is 29.4 Å². The molecule has 7 heteroatoms. The number of carbonyl (C=O) groups is 1. The molecule has 0 saturated carbocycles. The Labute approximate surface area is 163 Å². The molecule has 1 heterocycles. The van der Waals surface area contributed by atoms with Crippen molar-refractivity contribution in [3.05, 3.63) is 54.3 Å². The molecule has 3 rings (SSSR count). The lowest BCUT2D eigenvalue weighted by Gasteiger charge is -2.17. The molecule has 146 valence electrons. The Bertz CT molecular complexity index is 975. The third-order valence-corrected chi connectivity index (χ3v) is 4.03. The lowest BCUT2D eigenvalue weighted by atomic mass is 9.95. The molecule has 1 amide bonds. The molecule has 1 aromatic heterocycles. The van der Waals surface area contributed by atoms with Crippen LogP contribution in [0.2, 0.25) is 0 Å². The van der Waals surface area contributed by atoms with Crippen LogP contribution in [-0.2, 0) is 4.79 Å². The fourth-order valence-electron chi connectivity index (χ4n) is 2.48. The number of halogens is 1. The second kappa shape index (κ2) is 7.80. The Balaban J connectivity index is 1.97. The van der Waals surface area contributed by atoms with Gasteiger partial charge in [-0.25, -0.2) is 9.07 Å². The standard InChI is InChI=1S/C21H23FN4O2/c1-5-28-20-24-18(16-8-6-7-9-17(16)22)26(25-20)15-12-10-14(11-13-15)23-19(27)21(2,3)4/h6-13H,5H2,1-4H3,(H,23,27).